The van der Waals surface area contributed by atoms with Crippen molar-refractivity contribution in [3.05, 3.63) is 18.6 Å². The number of fused-ring (bicyclic) bond motifs is 3. The molecule has 0 aliphatic carbocycles. The third-order valence-electron chi connectivity index (χ3n) is 5.57. The van der Waals surface area contributed by atoms with E-state index in [1.165, 1.54) is 0 Å². The van der Waals surface area contributed by atoms with E-state index in [2.05, 4.69) is 39.0 Å². The highest BCUT2D eigenvalue weighted by Gasteiger charge is 2.45. The normalized spacial score (nSPS) is 22.4. The second kappa shape index (κ2) is 5.77. The van der Waals surface area contributed by atoms with Gasteiger partial charge in [-0.15, -0.1) is 0 Å². The number of likely N-dealkylation sites (tertiary alicyclic amines) is 1. The monoisotopic (exact) mass is 366 g/mol. The van der Waals surface area contributed by atoms with Crippen LogP contribution in [0.2, 0.25) is 0 Å². The molecular weight excluding hydrogens is 344 g/mol. The number of hydrogen-bond acceptors (Lipinski definition) is 6. The minimum Gasteiger partial charge on any atom is -0.342 e. The summed E-state index contributed by atoms with van der Waals surface area (Å²) < 4.78 is 1.90. The molecule has 3 aromatic heterocycles. The fraction of sp³-hybridized carbons (Fsp3) is 0.500. The molecule has 3 aromatic rings. The van der Waals surface area contributed by atoms with Crippen molar-refractivity contribution in [3.63, 3.8) is 0 Å². The van der Waals surface area contributed by atoms with Gasteiger partial charge in [-0.05, 0) is 26.7 Å². The molecule has 5 heterocycles. The Balaban J connectivity index is 1.57. The zero-order chi connectivity index (χ0) is 18.7. The molecule has 27 heavy (non-hydrogen) atoms. The van der Waals surface area contributed by atoms with Crippen LogP contribution in [0, 0.1) is 0 Å². The third kappa shape index (κ3) is 2.41. The van der Waals surface area contributed by atoms with Crippen LogP contribution in [-0.4, -0.2) is 66.4 Å². The van der Waals surface area contributed by atoms with Gasteiger partial charge in [0.1, 0.15) is 22.8 Å². The minimum absolute atomic E-state index is 0.151. The van der Waals surface area contributed by atoms with Crippen LogP contribution >= 0.6 is 0 Å². The van der Waals surface area contributed by atoms with Gasteiger partial charge in [0.15, 0.2) is 0 Å². The van der Waals surface area contributed by atoms with E-state index in [1.54, 1.807) is 12.4 Å². The largest absolute Gasteiger partial charge is 0.342 e. The van der Waals surface area contributed by atoms with E-state index < -0.39 is 0 Å². The Morgan fingerprint density at radius 1 is 1.26 bits per heavy atom. The van der Waals surface area contributed by atoms with Gasteiger partial charge >= 0.3 is 0 Å². The van der Waals surface area contributed by atoms with E-state index in [0.29, 0.717) is 5.95 Å². The molecule has 2 aliphatic heterocycles. The molecule has 2 fully saturated rings. The number of nitrogens with zero attached hydrogens (tertiary/aromatic N) is 7. The van der Waals surface area contributed by atoms with Crippen molar-refractivity contribution in [1.82, 2.24) is 34.8 Å². The van der Waals surface area contributed by atoms with Gasteiger partial charge in [0, 0.05) is 31.4 Å². The molecule has 0 aromatic carbocycles. The molecule has 2 unspecified atom stereocenters. The minimum atomic E-state index is -0.162. The summed E-state index contributed by atoms with van der Waals surface area (Å²) in [6.07, 6.45) is 7.38. The molecule has 9 nitrogen and oxygen atoms in total. The lowest BCUT2D eigenvalue weighted by Gasteiger charge is -2.38. The van der Waals surface area contributed by atoms with Gasteiger partial charge < -0.3 is 9.80 Å². The van der Waals surface area contributed by atoms with Crippen LogP contribution in [0.5, 0.6) is 0 Å². The molecule has 2 bridgehead atoms. The van der Waals surface area contributed by atoms with Crippen molar-refractivity contribution >= 4 is 22.9 Å². The van der Waals surface area contributed by atoms with Crippen LogP contribution in [0.25, 0.3) is 22.3 Å². The lowest BCUT2D eigenvalue weighted by Crippen LogP contribution is -2.56. The van der Waals surface area contributed by atoms with Crippen LogP contribution in [0.4, 0.5) is 5.95 Å². The lowest BCUT2D eigenvalue weighted by atomic mass is 10.2. The van der Waals surface area contributed by atoms with Crippen LogP contribution in [0.1, 0.15) is 32.7 Å². The lowest BCUT2D eigenvalue weighted by molar-refractivity contribution is -0.132. The van der Waals surface area contributed by atoms with Gasteiger partial charge in [-0.25, -0.2) is 9.97 Å². The van der Waals surface area contributed by atoms with Gasteiger partial charge in [-0.2, -0.15) is 10.2 Å². The Labute approximate surface area is 156 Å². The number of H-pyrrole nitrogens is 1. The summed E-state index contributed by atoms with van der Waals surface area (Å²) in [5.74, 6) is 0.758. The molecule has 2 saturated heterocycles. The number of aromatic amines is 1. The molecule has 2 aliphatic rings. The van der Waals surface area contributed by atoms with Gasteiger partial charge in [-0.3, -0.25) is 14.6 Å². The summed E-state index contributed by atoms with van der Waals surface area (Å²) in [5.41, 5.74) is 3.21. The van der Waals surface area contributed by atoms with Crippen LogP contribution < -0.4 is 4.90 Å². The number of anilines is 1. The number of hydrogen-bond donors (Lipinski definition) is 1. The third-order valence-corrected chi connectivity index (χ3v) is 5.57. The van der Waals surface area contributed by atoms with Gasteiger partial charge in [0.05, 0.1) is 18.4 Å². The highest BCUT2D eigenvalue weighted by molar-refractivity contribution is 5.91. The SMILES string of the molecule is CC(C)n1cc(-c2n[nH]c3cnc(N4C5CCC4C(=O)N(C)C5)nc23)cn1. The highest BCUT2D eigenvalue weighted by atomic mass is 16.2. The Kier molecular flexibility index (Phi) is 3.46. The van der Waals surface area contributed by atoms with E-state index in [9.17, 15) is 4.79 Å². The smallest absolute Gasteiger partial charge is 0.245 e. The van der Waals surface area contributed by atoms with E-state index in [1.807, 2.05) is 22.8 Å². The van der Waals surface area contributed by atoms with Crippen LogP contribution in [-0.2, 0) is 4.79 Å². The van der Waals surface area contributed by atoms with Crippen LogP contribution in [0.15, 0.2) is 18.6 Å². The molecule has 0 saturated carbocycles. The molecule has 9 heteroatoms. The fourth-order valence-electron chi connectivity index (χ4n) is 4.14. The Morgan fingerprint density at radius 3 is 2.89 bits per heavy atom. The van der Waals surface area contributed by atoms with Gasteiger partial charge in [0.25, 0.3) is 0 Å². The topological polar surface area (TPSA) is 95.8 Å². The molecule has 0 radical (unpaired) electrons. The van der Waals surface area contributed by atoms with Crippen molar-refractivity contribution in [1.29, 1.82) is 0 Å². The van der Waals surface area contributed by atoms with Crippen molar-refractivity contribution < 1.29 is 4.79 Å². The molecule has 5 rings (SSSR count). The molecular formula is C18H22N8O. The molecule has 1 amide bonds. The number of amides is 1. The standard InChI is InChI=1S/C18H22N8O/c1-10(2)25-8-11(6-20-25)15-16-13(22-23-15)7-19-18(21-16)26-12-4-5-14(26)17(27)24(3)9-12/h6-8,10,12,14H,4-5,9H2,1-3H3,(H,22,23). The van der Waals surface area contributed by atoms with Gasteiger partial charge in [0.2, 0.25) is 11.9 Å². The predicted octanol–water partition coefficient (Wildman–Crippen LogP) is 1.61. The first-order valence-electron chi connectivity index (χ1n) is 9.32. The van der Waals surface area contributed by atoms with Crippen molar-refractivity contribution in [2.24, 2.45) is 0 Å². The summed E-state index contributed by atoms with van der Waals surface area (Å²) >= 11 is 0. The molecule has 0 spiro atoms. The van der Waals surface area contributed by atoms with Gasteiger partial charge in [-0.1, -0.05) is 0 Å². The fourth-order valence-corrected chi connectivity index (χ4v) is 4.14. The number of likely N-dealkylation sites (N-methyl/N-ethyl adjacent to an activating group) is 1. The van der Waals surface area contributed by atoms with Crippen molar-refractivity contribution in [3.8, 4) is 11.3 Å². The Morgan fingerprint density at radius 2 is 2.11 bits per heavy atom. The average Bonchev–Trinajstić information content (AvgIpc) is 3.35. The molecule has 2 atom stereocenters. The van der Waals surface area contributed by atoms with E-state index in [-0.39, 0.29) is 24.0 Å². The van der Waals surface area contributed by atoms with E-state index >= 15 is 0 Å². The maximum Gasteiger partial charge on any atom is 0.245 e. The summed E-state index contributed by atoms with van der Waals surface area (Å²) in [6.45, 7) is 4.88. The Bertz CT molecular complexity index is 1020. The second-order valence-electron chi connectivity index (χ2n) is 7.68. The molecule has 1 N–H and O–H groups in total. The number of nitrogens with one attached hydrogen (secondary N) is 1. The first-order valence-corrected chi connectivity index (χ1v) is 9.32. The number of carbonyl (C=O) groups is 1. The first-order chi connectivity index (χ1) is 13.0. The predicted molar refractivity (Wildman–Crippen MR) is 100 cm³/mol. The van der Waals surface area contributed by atoms with Crippen molar-refractivity contribution in [2.75, 3.05) is 18.5 Å². The van der Waals surface area contributed by atoms with E-state index in [4.69, 9.17) is 4.98 Å². The highest BCUT2D eigenvalue weighted by Crippen LogP contribution is 2.34. The first kappa shape index (κ1) is 16.2. The summed E-state index contributed by atoms with van der Waals surface area (Å²) in [7, 11) is 1.87. The zero-order valence-corrected chi connectivity index (χ0v) is 15.6. The summed E-state index contributed by atoms with van der Waals surface area (Å²) in [6, 6.07) is 0.389. The second-order valence-corrected chi connectivity index (χ2v) is 7.68. The number of rotatable bonds is 3. The van der Waals surface area contributed by atoms with Crippen molar-refractivity contribution in [2.45, 2.75) is 44.8 Å². The maximum absolute atomic E-state index is 12.5. The van der Waals surface area contributed by atoms with E-state index in [0.717, 1.165) is 41.7 Å². The number of aromatic nitrogens is 6. The summed E-state index contributed by atoms with van der Waals surface area (Å²) in [5, 5.41) is 11.8. The number of carbonyl (C=O) groups excluding carboxylic acids is 1. The molecule has 140 valence electrons. The zero-order valence-electron chi connectivity index (χ0n) is 15.6. The number of piperazine rings is 1. The quantitative estimate of drug-likeness (QED) is 0.756. The Hall–Kier alpha value is -2.97. The average molecular weight is 366 g/mol. The summed E-state index contributed by atoms with van der Waals surface area (Å²) in [4.78, 5) is 25.8. The maximum atomic E-state index is 12.5. The van der Waals surface area contributed by atoms with Crippen LogP contribution in [0.3, 0.4) is 0 Å².